The fourth-order valence-corrected chi connectivity index (χ4v) is 4.27. The van der Waals surface area contributed by atoms with Gasteiger partial charge >= 0.3 is 11.9 Å². The molecule has 0 radical (unpaired) electrons. The zero-order valence-electron chi connectivity index (χ0n) is 19.0. The van der Waals surface area contributed by atoms with Crippen LogP contribution in [0.1, 0.15) is 31.2 Å². The van der Waals surface area contributed by atoms with Crippen molar-refractivity contribution < 1.29 is 29.4 Å². The van der Waals surface area contributed by atoms with Crippen LogP contribution in [0.25, 0.3) is 0 Å². The zero-order chi connectivity index (χ0) is 25.1. The second-order valence-electron chi connectivity index (χ2n) is 8.00. The van der Waals surface area contributed by atoms with Crippen LogP contribution in [0.15, 0.2) is 35.5 Å². The first-order chi connectivity index (χ1) is 16.2. The third-order valence-corrected chi connectivity index (χ3v) is 6.21. The maximum absolute atomic E-state index is 12.9. The molecule has 2 aliphatic heterocycles. The minimum Gasteiger partial charge on any atom is -0.478 e. The van der Waals surface area contributed by atoms with E-state index in [0.29, 0.717) is 28.6 Å². The van der Waals surface area contributed by atoms with E-state index in [1.54, 1.807) is 19.2 Å². The number of carbonyl (C=O) groups excluding carboxylic acids is 1. The van der Waals surface area contributed by atoms with Gasteiger partial charge in [-0.2, -0.15) is 0 Å². The Morgan fingerprint density at radius 2 is 1.82 bits per heavy atom. The highest BCUT2D eigenvalue weighted by molar-refractivity contribution is 6.42. The summed E-state index contributed by atoms with van der Waals surface area (Å²) in [5.41, 5.74) is 1.99. The standard InChI is InChI=1S/C19H25Cl2N3O2.C4H4O4/c1-26-22-15-7-9-23(12-15)13-16-4-2-3-8-24(16)19(25)11-14-5-6-17(20)18(21)10-14;5-3(6)1-2-4(7)8/h5-6,10,16H,2-4,7-9,11-13H2,1H3;1-2H,(H,5,6)(H,7,8)/b22-15-;2-1+. The molecule has 11 heteroatoms. The predicted octanol–water partition coefficient (Wildman–Crippen LogP) is 3.34. The van der Waals surface area contributed by atoms with Gasteiger partial charge in [-0.15, -0.1) is 0 Å². The molecular formula is C23H29Cl2N3O6. The molecule has 2 N–H and O–H groups in total. The van der Waals surface area contributed by atoms with Gasteiger partial charge in [-0.3, -0.25) is 9.69 Å². The van der Waals surface area contributed by atoms with Crippen LogP contribution in [-0.2, 0) is 25.6 Å². The first-order valence-corrected chi connectivity index (χ1v) is 11.6. The number of halogens is 2. The molecule has 1 aromatic carbocycles. The van der Waals surface area contributed by atoms with E-state index in [-0.39, 0.29) is 11.9 Å². The average molecular weight is 514 g/mol. The smallest absolute Gasteiger partial charge is 0.328 e. The number of carboxylic acids is 2. The van der Waals surface area contributed by atoms with Gasteiger partial charge in [-0.25, -0.2) is 9.59 Å². The van der Waals surface area contributed by atoms with Crippen molar-refractivity contribution in [3.8, 4) is 0 Å². The lowest BCUT2D eigenvalue weighted by Crippen LogP contribution is -2.49. The highest BCUT2D eigenvalue weighted by atomic mass is 35.5. The van der Waals surface area contributed by atoms with E-state index in [0.717, 1.165) is 56.7 Å². The lowest BCUT2D eigenvalue weighted by atomic mass is 10.00. The molecule has 0 aromatic heterocycles. The molecule has 0 spiro atoms. The molecule has 1 aromatic rings. The van der Waals surface area contributed by atoms with E-state index in [9.17, 15) is 14.4 Å². The fraction of sp³-hybridized carbons (Fsp3) is 0.478. The quantitative estimate of drug-likeness (QED) is 0.423. The van der Waals surface area contributed by atoms with Gasteiger partial charge in [0.2, 0.25) is 5.91 Å². The Bertz CT molecular complexity index is 921. The van der Waals surface area contributed by atoms with E-state index in [1.165, 1.54) is 6.42 Å². The van der Waals surface area contributed by atoms with Crippen molar-refractivity contribution in [2.75, 3.05) is 33.3 Å². The lowest BCUT2D eigenvalue weighted by molar-refractivity contribution is -0.134. The number of piperidine rings is 1. The number of likely N-dealkylation sites (tertiary alicyclic amines) is 2. The molecule has 2 heterocycles. The number of amides is 1. The Hall–Kier alpha value is -2.62. The summed E-state index contributed by atoms with van der Waals surface area (Å²) in [6, 6.07) is 5.68. The molecule has 34 heavy (non-hydrogen) atoms. The average Bonchev–Trinajstić information content (AvgIpc) is 3.23. The van der Waals surface area contributed by atoms with Crippen LogP contribution in [-0.4, -0.2) is 82.9 Å². The van der Waals surface area contributed by atoms with Gasteiger partial charge in [0, 0.05) is 50.8 Å². The number of carbonyl (C=O) groups is 3. The molecule has 0 bridgehead atoms. The molecule has 0 saturated carbocycles. The van der Waals surface area contributed by atoms with Crippen LogP contribution in [0.2, 0.25) is 10.0 Å². The molecule has 3 rings (SSSR count). The molecule has 1 unspecified atom stereocenters. The third-order valence-electron chi connectivity index (χ3n) is 5.47. The van der Waals surface area contributed by atoms with Crippen molar-refractivity contribution >= 4 is 46.8 Å². The number of benzene rings is 1. The summed E-state index contributed by atoms with van der Waals surface area (Å²) in [4.78, 5) is 41.3. The highest BCUT2D eigenvalue weighted by Crippen LogP contribution is 2.25. The molecule has 9 nitrogen and oxygen atoms in total. The summed E-state index contributed by atoms with van der Waals surface area (Å²) >= 11 is 12.0. The largest absolute Gasteiger partial charge is 0.478 e. The summed E-state index contributed by atoms with van der Waals surface area (Å²) in [7, 11) is 1.58. The van der Waals surface area contributed by atoms with E-state index in [4.69, 9.17) is 38.3 Å². The molecule has 186 valence electrons. The van der Waals surface area contributed by atoms with Gasteiger partial charge in [0.25, 0.3) is 0 Å². The molecule has 0 aliphatic carbocycles. The van der Waals surface area contributed by atoms with Crippen molar-refractivity contribution in [2.45, 2.75) is 38.1 Å². The van der Waals surface area contributed by atoms with Crippen LogP contribution >= 0.6 is 23.2 Å². The topological polar surface area (TPSA) is 120 Å². The van der Waals surface area contributed by atoms with Crippen LogP contribution in [0.4, 0.5) is 0 Å². The Morgan fingerprint density at radius 3 is 2.44 bits per heavy atom. The molecule has 2 fully saturated rings. The SMILES string of the molecule is CO/N=C1/CCN(CC2CCCCN2C(=O)Cc2ccc(Cl)c(Cl)c2)C1.O=C(O)/C=C/C(=O)O. The first-order valence-electron chi connectivity index (χ1n) is 10.9. The highest BCUT2D eigenvalue weighted by Gasteiger charge is 2.30. The number of nitrogens with zero attached hydrogens (tertiary/aromatic N) is 3. The zero-order valence-corrected chi connectivity index (χ0v) is 20.5. The van der Waals surface area contributed by atoms with Gasteiger partial charge in [0.15, 0.2) is 0 Å². The number of oxime groups is 1. The maximum Gasteiger partial charge on any atom is 0.328 e. The van der Waals surface area contributed by atoms with Crippen LogP contribution in [0, 0.1) is 0 Å². The van der Waals surface area contributed by atoms with Gasteiger partial charge in [0.1, 0.15) is 7.11 Å². The van der Waals surface area contributed by atoms with Gasteiger partial charge in [-0.05, 0) is 37.0 Å². The van der Waals surface area contributed by atoms with Crippen molar-refractivity contribution in [1.29, 1.82) is 0 Å². The second-order valence-corrected chi connectivity index (χ2v) is 8.81. The maximum atomic E-state index is 12.9. The van der Waals surface area contributed by atoms with Crippen molar-refractivity contribution in [1.82, 2.24) is 9.80 Å². The van der Waals surface area contributed by atoms with E-state index in [2.05, 4.69) is 15.0 Å². The number of hydrogen-bond acceptors (Lipinski definition) is 6. The summed E-state index contributed by atoms with van der Waals surface area (Å²) in [5.74, 6) is -2.35. The lowest BCUT2D eigenvalue weighted by Gasteiger charge is -2.38. The van der Waals surface area contributed by atoms with Gasteiger partial charge < -0.3 is 20.0 Å². The van der Waals surface area contributed by atoms with Gasteiger partial charge in [-0.1, -0.05) is 34.4 Å². The summed E-state index contributed by atoms with van der Waals surface area (Å²) in [6.45, 7) is 3.54. The van der Waals surface area contributed by atoms with E-state index >= 15 is 0 Å². The number of carboxylic acid groups (broad SMARTS) is 2. The Balaban J connectivity index is 0.000000440. The molecule has 2 aliphatic rings. The summed E-state index contributed by atoms with van der Waals surface area (Å²) in [5, 5.41) is 20.7. The van der Waals surface area contributed by atoms with Crippen LogP contribution in [0.3, 0.4) is 0 Å². The van der Waals surface area contributed by atoms with Crippen LogP contribution < -0.4 is 0 Å². The van der Waals surface area contributed by atoms with E-state index < -0.39 is 11.9 Å². The van der Waals surface area contributed by atoms with Crippen molar-refractivity contribution in [2.24, 2.45) is 5.16 Å². The summed E-state index contributed by atoms with van der Waals surface area (Å²) in [6.07, 6.45) is 5.72. The molecule has 2 saturated heterocycles. The van der Waals surface area contributed by atoms with Crippen LogP contribution in [0.5, 0.6) is 0 Å². The Kier molecular flexibility index (Phi) is 11.3. The minimum atomic E-state index is -1.26. The third kappa shape index (κ3) is 9.32. The van der Waals surface area contributed by atoms with Crippen molar-refractivity contribution in [3.05, 3.63) is 46.0 Å². The molecule has 1 amide bonds. The predicted molar refractivity (Wildman–Crippen MR) is 129 cm³/mol. The second kappa shape index (κ2) is 13.9. The van der Waals surface area contributed by atoms with Gasteiger partial charge in [0.05, 0.1) is 22.2 Å². The molecular weight excluding hydrogens is 485 g/mol. The molecule has 1 atom stereocenters. The van der Waals surface area contributed by atoms with E-state index in [1.807, 2.05) is 6.07 Å². The first kappa shape index (κ1) is 27.6. The number of rotatable bonds is 7. The Labute approximate surface area is 208 Å². The number of aliphatic carboxylic acids is 2. The Morgan fingerprint density at radius 1 is 1.12 bits per heavy atom. The fourth-order valence-electron chi connectivity index (χ4n) is 3.95. The normalized spacial score (nSPS) is 19.7. The summed E-state index contributed by atoms with van der Waals surface area (Å²) < 4.78 is 0. The number of hydrogen-bond donors (Lipinski definition) is 2. The monoisotopic (exact) mass is 513 g/mol. The minimum absolute atomic E-state index is 0.165. The van der Waals surface area contributed by atoms with Crippen molar-refractivity contribution in [3.63, 3.8) is 0 Å².